The van der Waals surface area contributed by atoms with Crippen molar-refractivity contribution in [2.45, 2.75) is 26.6 Å². The van der Waals surface area contributed by atoms with Crippen LogP contribution in [0.2, 0.25) is 0 Å². The highest BCUT2D eigenvalue weighted by molar-refractivity contribution is 5.22. The summed E-state index contributed by atoms with van der Waals surface area (Å²) in [4.78, 5) is 2.22. The quantitative estimate of drug-likeness (QED) is 0.864. The zero-order valence-corrected chi connectivity index (χ0v) is 11.8. The molecular formula is C15H21N3O. The van der Waals surface area contributed by atoms with E-state index in [0.29, 0.717) is 0 Å². The molecular weight excluding hydrogens is 238 g/mol. The molecule has 1 aromatic carbocycles. The Bertz CT molecular complexity index is 522. The number of aryl methyl sites for hydroxylation is 1. The van der Waals surface area contributed by atoms with Gasteiger partial charge in [0, 0.05) is 19.2 Å². The van der Waals surface area contributed by atoms with Crippen LogP contribution in [0, 0.1) is 6.92 Å². The van der Waals surface area contributed by atoms with E-state index in [9.17, 15) is 0 Å². The minimum absolute atomic E-state index is 0.741. The second-order valence-corrected chi connectivity index (χ2v) is 4.98. The third kappa shape index (κ3) is 4.19. The molecule has 0 saturated heterocycles. The Morgan fingerprint density at radius 2 is 2.11 bits per heavy atom. The van der Waals surface area contributed by atoms with Crippen molar-refractivity contribution in [3.8, 4) is 0 Å². The number of aromatic nitrogens is 1. The van der Waals surface area contributed by atoms with E-state index in [4.69, 9.17) is 4.52 Å². The van der Waals surface area contributed by atoms with Crippen LogP contribution >= 0.6 is 0 Å². The molecule has 4 heteroatoms. The summed E-state index contributed by atoms with van der Waals surface area (Å²) in [6, 6.07) is 10.6. The van der Waals surface area contributed by atoms with E-state index in [1.807, 2.05) is 13.1 Å². The standard InChI is InChI=1S/C15H21N3O/c1-12-5-4-6-13(7-12)10-18(3)11-15-8-14(9-16-2)17-19-15/h4-8,16H,9-11H2,1-3H3. The van der Waals surface area contributed by atoms with E-state index in [1.54, 1.807) is 0 Å². The maximum atomic E-state index is 5.32. The molecule has 0 saturated carbocycles. The smallest absolute Gasteiger partial charge is 0.151 e. The first-order valence-corrected chi connectivity index (χ1v) is 6.50. The minimum atomic E-state index is 0.741. The molecule has 1 aromatic heterocycles. The third-order valence-corrected chi connectivity index (χ3v) is 2.93. The summed E-state index contributed by atoms with van der Waals surface area (Å²) in [7, 11) is 3.99. The summed E-state index contributed by atoms with van der Waals surface area (Å²) < 4.78 is 5.32. The largest absolute Gasteiger partial charge is 0.360 e. The van der Waals surface area contributed by atoms with Crippen LogP contribution in [0.4, 0.5) is 0 Å². The molecule has 0 fully saturated rings. The van der Waals surface area contributed by atoms with Gasteiger partial charge in [-0.2, -0.15) is 0 Å². The van der Waals surface area contributed by atoms with Crippen LogP contribution in [-0.4, -0.2) is 24.2 Å². The van der Waals surface area contributed by atoms with Gasteiger partial charge in [-0.3, -0.25) is 4.90 Å². The van der Waals surface area contributed by atoms with Gasteiger partial charge in [0.25, 0.3) is 0 Å². The van der Waals surface area contributed by atoms with Crippen LogP contribution in [0.15, 0.2) is 34.9 Å². The summed E-state index contributed by atoms with van der Waals surface area (Å²) >= 11 is 0. The molecule has 0 bridgehead atoms. The number of nitrogens with one attached hydrogen (secondary N) is 1. The van der Waals surface area contributed by atoms with Crippen molar-refractivity contribution in [2.75, 3.05) is 14.1 Å². The van der Waals surface area contributed by atoms with Gasteiger partial charge in [0.15, 0.2) is 5.76 Å². The summed E-state index contributed by atoms with van der Waals surface area (Å²) in [6.07, 6.45) is 0. The number of nitrogens with zero attached hydrogens (tertiary/aromatic N) is 2. The van der Waals surface area contributed by atoms with Crippen LogP contribution in [0.25, 0.3) is 0 Å². The van der Waals surface area contributed by atoms with E-state index in [0.717, 1.165) is 31.1 Å². The fourth-order valence-corrected chi connectivity index (χ4v) is 2.14. The van der Waals surface area contributed by atoms with Crippen LogP contribution < -0.4 is 5.32 Å². The van der Waals surface area contributed by atoms with E-state index in [2.05, 4.69) is 53.6 Å². The number of hydrogen-bond donors (Lipinski definition) is 1. The van der Waals surface area contributed by atoms with Crippen molar-refractivity contribution in [1.82, 2.24) is 15.4 Å². The maximum absolute atomic E-state index is 5.32. The third-order valence-electron chi connectivity index (χ3n) is 2.93. The molecule has 0 aliphatic carbocycles. The predicted octanol–water partition coefficient (Wildman–Crippen LogP) is 2.33. The lowest BCUT2D eigenvalue weighted by Crippen LogP contribution is -2.16. The second kappa shape index (κ2) is 6.50. The maximum Gasteiger partial charge on any atom is 0.151 e. The lowest BCUT2D eigenvalue weighted by molar-refractivity contribution is 0.265. The van der Waals surface area contributed by atoms with E-state index in [-0.39, 0.29) is 0 Å². The number of hydrogen-bond acceptors (Lipinski definition) is 4. The Kier molecular flexibility index (Phi) is 4.71. The highest BCUT2D eigenvalue weighted by atomic mass is 16.5. The zero-order chi connectivity index (χ0) is 13.7. The Hall–Kier alpha value is -1.65. The molecule has 1 N–H and O–H groups in total. The van der Waals surface area contributed by atoms with Crippen molar-refractivity contribution in [1.29, 1.82) is 0 Å². The Labute approximate surface area is 114 Å². The summed E-state index contributed by atoms with van der Waals surface area (Å²) in [5, 5.41) is 7.08. The number of benzene rings is 1. The van der Waals surface area contributed by atoms with Gasteiger partial charge >= 0.3 is 0 Å². The van der Waals surface area contributed by atoms with Crippen LogP contribution in [0.1, 0.15) is 22.6 Å². The van der Waals surface area contributed by atoms with E-state index >= 15 is 0 Å². The number of rotatable bonds is 6. The molecule has 0 aliphatic heterocycles. The Balaban J connectivity index is 1.91. The predicted molar refractivity (Wildman–Crippen MR) is 75.6 cm³/mol. The molecule has 1 heterocycles. The van der Waals surface area contributed by atoms with Crippen LogP contribution in [-0.2, 0) is 19.6 Å². The first-order valence-electron chi connectivity index (χ1n) is 6.50. The molecule has 4 nitrogen and oxygen atoms in total. The van der Waals surface area contributed by atoms with Gasteiger partial charge in [0.05, 0.1) is 12.2 Å². The highest BCUT2D eigenvalue weighted by Crippen LogP contribution is 2.10. The first kappa shape index (κ1) is 13.8. The molecule has 0 atom stereocenters. The minimum Gasteiger partial charge on any atom is -0.360 e. The molecule has 2 rings (SSSR count). The first-order chi connectivity index (χ1) is 9.17. The monoisotopic (exact) mass is 259 g/mol. The molecule has 19 heavy (non-hydrogen) atoms. The van der Waals surface area contributed by atoms with Crippen molar-refractivity contribution in [3.05, 3.63) is 52.9 Å². The van der Waals surface area contributed by atoms with Crippen molar-refractivity contribution < 1.29 is 4.52 Å². The zero-order valence-electron chi connectivity index (χ0n) is 11.8. The lowest BCUT2D eigenvalue weighted by atomic mass is 10.1. The fourth-order valence-electron chi connectivity index (χ4n) is 2.14. The van der Waals surface area contributed by atoms with Gasteiger partial charge in [0.2, 0.25) is 0 Å². The molecule has 0 unspecified atom stereocenters. The van der Waals surface area contributed by atoms with Crippen LogP contribution in [0.3, 0.4) is 0 Å². The summed E-state index contributed by atoms with van der Waals surface area (Å²) in [6.45, 7) is 4.53. The van der Waals surface area contributed by atoms with Gasteiger partial charge in [-0.05, 0) is 26.6 Å². The highest BCUT2D eigenvalue weighted by Gasteiger charge is 2.07. The van der Waals surface area contributed by atoms with E-state index < -0.39 is 0 Å². The van der Waals surface area contributed by atoms with E-state index in [1.165, 1.54) is 11.1 Å². The normalized spacial score (nSPS) is 11.2. The summed E-state index contributed by atoms with van der Waals surface area (Å²) in [5.74, 6) is 0.903. The van der Waals surface area contributed by atoms with Gasteiger partial charge in [0.1, 0.15) is 0 Å². The van der Waals surface area contributed by atoms with Crippen molar-refractivity contribution in [2.24, 2.45) is 0 Å². The summed E-state index contributed by atoms with van der Waals surface area (Å²) in [5.41, 5.74) is 3.56. The average molecular weight is 259 g/mol. The van der Waals surface area contributed by atoms with Gasteiger partial charge in [-0.1, -0.05) is 35.0 Å². The molecule has 0 amide bonds. The van der Waals surface area contributed by atoms with Gasteiger partial charge < -0.3 is 9.84 Å². The van der Waals surface area contributed by atoms with Crippen molar-refractivity contribution in [3.63, 3.8) is 0 Å². The van der Waals surface area contributed by atoms with Crippen molar-refractivity contribution >= 4 is 0 Å². The van der Waals surface area contributed by atoms with Gasteiger partial charge in [-0.25, -0.2) is 0 Å². The SMILES string of the molecule is CNCc1cc(CN(C)Cc2cccc(C)c2)on1. The fraction of sp³-hybridized carbons (Fsp3) is 0.400. The molecule has 0 radical (unpaired) electrons. The Morgan fingerprint density at radius 3 is 2.84 bits per heavy atom. The topological polar surface area (TPSA) is 41.3 Å². The second-order valence-electron chi connectivity index (χ2n) is 4.98. The average Bonchev–Trinajstić information content (AvgIpc) is 2.77. The lowest BCUT2D eigenvalue weighted by Gasteiger charge is -2.14. The molecule has 0 aliphatic rings. The Morgan fingerprint density at radius 1 is 1.26 bits per heavy atom. The molecule has 2 aromatic rings. The van der Waals surface area contributed by atoms with Crippen LogP contribution in [0.5, 0.6) is 0 Å². The molecule has 102 valence electrons. The molecule has 0 spiro atoms. The van der Waals surface area contributed by atoms with Gasteiger partial charge in [-0.15, -0.1) is 0 Å².